The maximum absolute atomic E-state index is 10.4. The smallest absolute Gasteiger partial charge is 0.321 e. The Morgan fingerprint density at radius 3 is 1.45 bits per heavy atom. The maximum Gasteiger partial charge on any atom is 0.321 e. The zero-order chi connectivity index (χ0) is 7.78. The number of rotatable bonds is 2. The zero-order valence-electron chi connectivity index (χ0n) is 5.63. The van der Waals surface area contributed by atoms with Crippen molar-refractivity contribution in [1.82, 2.24) is 0 Å². The van der Waals surface area contributed by atoms with E-state index in [1.807, 2.05) is 0 Å². The molecule has 1 rings (SSSR count). The summed E-state index contributed by atoms with van der Waals surface area (Å²) < 4.78 is 0. The summed E-state index contributed by atoms with van der Waals surface area (Å²) in [6, 6.07) is 0. The predicted octanol–water partition coefficient (Wildman–Crippen LogP) is 0.323. The molecule has 0 spiro atoms. The normalized spacial score (nSPS) is 19.3. The van der Waals surface area contributed by atoms with E-state index < -0.39 is 17.4 Å². The molecule has 1 saturated carbocycles. The standard InChI is InChI=1S/C6H8O4.Cu/c7-4(8)6(5(9)10)2-1-3-6;/h1-3H2,(H,7,8)(H,9,10);. The van der Waals surface area contributed by atoms with E-state index in [0.29, 0.717) is 6.42 Å². The van der Waals surface area contributed by atoms with Crippen molar-refractivity contribution in [1.29, 1.82) is 0 Å². The Morgan fingerprint density at radius 2 is 1.45 bits per heavy atom. The van der Waals surface area contributed by atoms with Gasteiger partial charge in [0.25, 0.3) is 0 Å². The summed E-state index contributed by atoms with van der Waals surface area (Å²) in [6.07, 6.45) is 1.26. The third-order valence-corrected chi connectivity index (χ3v) is 2.03. The molecule has 1 fully saturated rings. The van der Waals surface area contributed by atoms with Crippen LogP contribution in [-0.2, 0) is 26.7 Å². The van der Waals surface area contributed by atoms with E-state index in [0.717, 1.165) is 0 Å². The summed E-state index contributed by atoms with van der Waals surface area (Å²) in [4.78, 5) is 20.7. The van der Waals surface area contributed by atoms with Gasteiger partial charge in [0.05, 0.1) is 0 Å². The molecule has 0 heterocycles. The molecule has 5 heteroatoms. The number of hydrogen-bond acceptors (Lipinski definition) is 2. The topological polar surface area (TPSA) is 74.6 Å². The van der Waals surface area contributed by atoms with Gasteiger partial charge in [0, 0.05) is 17.1 Å². The van der Waals surface area contributed by atoms with Gasteiger partial charge in [-0.3, -0.25) is 9.59 Å². The van der Waals surface area contributed by atoms with E-state index >= 15 is 0 Å². The van der Waals surface area contributed by atoms with Crippen LogP contribution in [0.15, 0.2) is 0 Å². The second-order valence-corrected chi connectivity index (χ2v) is 2.55. The minimum absolute atomic E-state index is 0. The van der Waals surface area contributed by atoms with Crippen LogP contribution in [0.2, 0.25) is 0 Å². The molecule has 2 N–H and O–H groups in total. The summed E-state index contributed by atoms with van der Waals surface area (Å²) >= 11 is 0. The van der Waals surface area contributed by atoms with Gasteiger partial charge in [-0.05, 0) is 19.3 Å². The van der Waals surface area contributed by atoms with Gasteiger partial charge >= 0.3 is 11.9 Å². The Balaban J connectivity index is 0.000001000. The fourth-order valence-electron chi connectivity index (χ4n) is 1.05. The zero-order valence-corrected chi connectivity index (χ0v) is 6.58. The van der Waals surface area contributed by atoms with Gasteiger partial charge in [-0.2, -0.15) is 0 Å². The molecule has 0 atom stereocenters. The third-order valence-electron chi connectivity index (χ3n) is 2.03. The Morgan fingerprint density at radius 1 is 1.09 bits per heavy atom. The van der Waals surface area contributed by atoms with Crippen LogP contribution in [0, 0.1) is 5.41 Å². The Labute approximate surface area is 74.1 Å². The van der Waals surface area contributed by atoms with E-state index in [1.54, 1.807) is 0 Å². The third kappa shape index (κ3) is 1.39. The quantitative estimate of drug-likeness (QED) is 0.505. The van der Waals surface area contributed by atoms with Crippen molar-refractivity contribution in [3.63, 3.8) is 0 Å². The first-order chi connectivity index (χ1) is 4.59. The van der Waals surface area contributed by atoms with E-state index in [2.05, 4.69) is 0 Å². The van der Waals surface area contributed by atoms with Gasteiger partial charge < -0.3 is 10.2 Å². The molecule has 0 saturated heterocycles. The predicted molar refractivity (Wildman–Crippen MR) is 31.6 cm³/mol. The maximum atomic E-state index is 10.4. The Kier molecular flexibility index (Phi) is 3.08. The van der Waals surface area contributed by atoms with Crippen molar-refractivity contribution in [3.05, 3.63) is 0 Å². The summed E-state index contributed by atoms with van der Waals surface area (Å²) in [5, 5.41) is 16.9. The molecule has 0 aromatic rings. The average molecular weight is 208 g/mol. The van der Waals surface area contributed by atoms with Gasteiger partial charge in [0.1, 0.15) is 0 Å². The van der Waals surface area contributed by atoms with Gasteiger partial charge in [0.2, 0.25) is 0 Å². The Bertz CT molecular complexity index is 169. The summed E-state index contributed by atoms with van der Waals surface area (Å²) in [5.74, 6) is -2.41. The molecule has 0 aromatic heterocycles. The summed E-state index contributed by atoms with van der Waals surface area (Å²) in [6.45, 7) is 0. The van der Waals surface area contributed by atoms with Crippen molar-refractivity contribution in [2.24, 2.45) is 5.41 Å². The second kappa shape index (κ2) is 3.24. The largest absolute Gasteiger partial charge is 0.480 e. The molecule has 67 valence electrons. The molecule has 0 unspecified atom stereocenters. The minimum atomic E-state index is -1.44. The van der Waals surface area contributed by atoms with Crippen LogP contribution in [-0.4, -0.2) is 22.2 Å². The summed E-state index contributed by atoms with van der Waals surface area (Å²) in [7, 11) is 0. The van der Waals surface area contributed by atoms with Crippen molar-refractivity contribution in [2.75, 3.05) is 0 Å². The van der Waals surface area contributed by atoms with Crippen molar-refractivity contribution in [2.45, 2.75) is 19.3 Å². The number of hydrogen-bond donors (Lipinski definition) is 2. The first-order valence-electron chi connectivity index (χ1n) is 3.06. The van der Waals surface area contributed by atoms with E-state index in [-0.39, 0.29) is 29.9 Å². The van der Waals surface area contributed by atoms with Crippen LogP contribution in [0.25, 0.3) is 0 Å². The SMILES string of the molecule is O=C(O)C1(C(=O)O)CCC1.[Cu]. The molecule has 1 radical (unpaired) electrons. The Hall–Kier alpha value is -0.541. The van der Waals surface area contributed by atoms with Crippen LogP contribution in [0.3, 0.4) is 0 Å². The number of carboxylic acids is 2. The molecule has 0 bridgehead atoms. The van der Waals surface area contributed by atoms with E-state index in [4.69, 9.17) is 10.2 Å². The molecule has 1 aliphatic rings. The number of carboxylic acid groups (broad SMARTS) is 2. The molecular formula is C6H8CuO4. The van der Waals surface area contributed by atoms with Crippen LogP contribution in [0.4, 0.5) is 0 Å². The monoisotopic (exact) mass is 207 g/mol. The average Bonchev–Trinajstić information content (AvgIpc) is 1.57. The van der Waals surface area contributed by atoms with Gasteiger partial charge in [0.15, 0.2) is 5.41 Å². The molecule has 0 aromatic carbocycles. The minimum Gasteiger partial charge on any atom is -0.480 e. The van der Waals surface area contributed by atoms with Crippen LogP contribution in [0.1, 0.15) is 19.3 Å². The van der Waals surface area contributed by atoms with E-state index in [1.165, 1.54) is 0 Å². The van der Waals surface area contributed by atoms with Gasteiger partial charge in [-0.25, -0.2) is 0 Å². The molecule has 0 amide bonds. The second-order valence-electron chi connectivity index (χ2n) is 2.55. The van der Waals surface area contributed by atoms with Crippen LogP contribution < -0.4 is 0 Å². The molecule has 1 aliphatic carbocycles. The number of aliphatic carboxylic acids is 2. The molecule has 11 heavy (non-hydrogen) atoms. The molecule has 0 aliphatic heterocycles. The van der Waals surface area contributed by atoms with Crippen molar-refractivity contribution in [3.8, 4) is 0 Å². The number of carbonyl (C=O) groups is 2. The van der Waals surface area contributed by atoms with Crippen LogP contribution >= 0.6 is 0 Å². The van der Waals surface area contributed by atoms with Crippen molar-refractivity contribution < 1.29 is 36.9 Å². The van der Waals surface area contributed by atoms with Gasteiger partial charge in [-0.1, -0.05) is 0 Å². The fourth-order valence-corrected chi connectivity index (χ4v) is 1.05. The van der Waals surface area contributed by atoms with E-state index in [9.17, 15) is 9.59 Å². The fraction of sp³-hybridized carbons (Fsp3) is 0.667. The first-order valence-corrected chi connectivity index (χ1v) is 3.06. The first kappa shape index (κ1) is 10.5. The van der Waals surface area contributed by atoms with Crippen molar-refractivity contribution >= 4 is 11.9 Å². The molecule has 4 nitrogen and oxygen atoms in total. The molecular weight excluding hydrogens is 200 g/mol. The summed E-state index contributed by atoms with van der Waals surface area (Å²) in [5.41, 5.74) is -1.44. The van der Waals surface area contributed by atoms with Gasteiger partial charge in [-0.15, -0.1) is 0 Å². The van der Waals surface area contributed by atoms with Crippen LogP contribution in [0.5, 0.6) is 0 Å².